The first-order chi connectivity index (χ1) is 7.40. The molecule has 16 heavy (non-hydrogen) atoms. The van der Waals surface area contributed by atoms with Gasteiger partial charge in [-0.3, -0.25) is 14.5 Å². The summed E-state index contributed by atoms with van der Waals surface area (Å²) in [7, 11) is -1.15. The first-order valence-corrected chi connectivity index (χ1v) is 9.49. The van der Waals surface area contributed by atoms with Crippen molar-refractivity contribution in [1.82, 2.24) is 4.90 Å². The zero-order chi connectivity index (χ0) is 12.2. The molecule has 2 amide bonds. The van der Waals surface area contributed by atoms with E-state index in [1.165, 1.54) is 4.90 Å². The number of carbonyl (C=O) groups excluding carboxylic acids is 2. The second kappa shape index (κ2) is 5.43. The first kappa shape index (κ1) is 13.2. The highest BCUT2D eigenvalue weighted by Crippen LogP contribution is 2.12. The molecule has 0 saturated carbocycles. The molecular formula is C12H21NO2Si. The van der Waals surface area contributed by atoms with Crippen molar-refractivity contribution >= 4 is 19.9 Å². The normalized spacial score (nSPS) is 18.6. The average molecular weight is 239 g/mol. The molecule has 0 spiro atoms. The minimum atomic E-state index is -1.15. The standard InChI is InChI=1S/C12H21NO2Si/c1-16(2,3)10-5-4-9-13-11(14)7-6-8-12(13)15/h5,10H,4,6-9H2,1-3H3. The Labute approximate surface area is 98.5 Å². The predicted octanol–water partition coefficient (Wildman–Crippen LogP) is 2.35. The number of amides is 2. The maximum atomic E-state index is 11.5. The Kier molecular flexibility index (Phi) is 4.47. The SMILES string of the molecule is C[Si](C)(C)C=CCCN1C(=O)CCCC1=O. The van der Waals surface area contributed by atoms with Crippen LogP contribution in [0.15, 0.2) is 11.8 Å². The van der Waals surface area contributed by atoms with E-state index in [0.29, 0.717) is 19.4 Å². The third kappa shape index (κ3) is 4.31. The molecule has 1 rings (SSSR count). The summed E-state index contributed by atoms with van der Waals surface area (Å²) in [6, 6.07) is 0. The third-order valence-corrected chi connectivity index (χ3v) is 3.76. The zero-order valence-corrected chi connectivity index (χ0v) is 11.5. The average Bonchev–Trinajstić information content (AvgIpc) is 2.14. The summed E-state index contributed by atoms with van der Waals surface area (Å²) >= 11 is 0. The molecule has 1 aliphatic rings. The van der Waals surface area contributed by atoms with Gasteiger partial charge in [-0.2, -0.15) is 0 Å². The van der Waals surface area contributed by atoms with E-state index in [9.17, 15) is 9.59 Å². The number of carbonyl (C=O) groups is 2. The van der Waals surface area contributed by atoms with Gasteiger partial charge in [0.25, 0.3) is 0 Å². The summed E-state index contributed by atoms with van der Waals surface area (Å²) in [5.41, 5.74) is 2.26. The van der Waals surface area contributed by atoms with Gasteiger partial charge in [0.15, 0.2) is 0 Å². The van der Waals surface area contributed by atoms with E-state index in [0.717, 1.165) is 12.8 Å². The molecule has 1 heterocycles. The molecule has 4 heteroatoms. The second-order valence-electron chi connectivity index (χ2n) is 5.35. The lowest BCUT2D eigenvalue weighted by molar-refractivity contribution is -0.147. The number of hydrogen-bond donors (Lipinski definition) is 0. The van der Waals surface area contributed by atoms with Crippen LogP contribution in [0.2, 0.25) is 19.6 Å². The number of likely N-dealkylation sites (tertiary alicyclic amines) is 1. The molecule has 0 atom stereocenters. The molecule has 0 aliphatic carbocycles. The highest BCUT2D eigenvalue weighted by molar-refractivity contribution is 6.80. The maximum absolute atomic E-state index is 11.5. The lowest BCUT2D eigenvalue weighted by Crippen LogP contribution is -2.40. The number of rotatable bonds is 4. The van der Waals surface area contributed by atoms with Crippen molar-refractivity contribution in [2.45, 2.75) is 45.3 Å². The minimum Gasteiger partial charge on any atom is -0.282 e. The van der Waals surface area contributed by atoms with Gasteiger partial charge in [-0.25, -0.2) is 0 Å². The van der Waals surface area contributed by atoms with E-state index < -0.39 is 8.07 Å². The topological polar surface area (TPSA) is 37.4 Å². The van der Waals surface area contributed by atoms with E-state index in [4.69, 9.17) is 0 Å². The molecular weight excluding hydrogens is 218 g/mol. The molecule has 0 bridgehead atoms. The van der Waals surface area contributed by atoms with E-state index >= 15 is 0 Å². The van der Waals surface area contributed by atoms with Gasteiger partial charge in [-0.1, -0.05) is 31.4 Å². The van der Waals surface area contributed by atoms with Gasteiger partial charge >= 0.3 is 0 Å². The van der Waals surface area contributed by atoms with Crippen LogP contribution in [0.3, 0.4) is 0 Å². The molecule has 1 aliphatic heterocycles. The Morgan fingerprint density at radius 1 is 1.19 bits per heavy atom. The van der Waals surface area contributed by atoms with Gasteiger partial charge in [0.05, 0.1) is 8.07 Å². The van der Waals surface area contributed by atoms with Crippen LogP contribution in [-0.4, -0.2) is 31.3 Å². The number of imide groups is 1. The van der Waals surface area contributed by atoms with Crippen molar-refractivity contribution in [1.29, 1.82) is 0 Å². The zero-order valence-electron chi connectivity index (χ0n) is 10.5. The molecule has 0 unspecified atom stereocenters. The van der Waals surface area contributed by atoms with Crippen molar-refractivity contribution in [2.24, 2.45) is 0 Å². The summed E-state index contributed by atoms with van der Waals surface area (Å²) < 4.78 is 0. The van der Waals surface area contributed by atoms with Gasteiger partial charge in [-0.05, 0) is 12.8 Å². The van der Waals surface area contributed by atoms with Crippen LogP contribution in [0.4, 0.5) is 0 Å². The molecule has 0 radical (unpaired) electrons. The molecule has 1 fully saturated rings. The predicted molar refractivity (Wildman–Crippen MR) is 67.7 cm³/mol. The van der Waals surface area contributed by atoms with Crippen molar-refractivity contribution in [2.75, 3.05) is 6.54 Å². The van der Waals surface area contributed by atoms with E-state index in [1.54, 1.807) is 0 Å². The number of hydrogen-bond acceptors (Lipinski definition) is 2. The van der Waals surface area contributed by atoms with Crippen LogP contribution in [-0.2, 0) is 9.59 Å². The quantitative estimate of drug-likeness (QED) is 0.558. The van der Waals surface area contributed by atoms with Crippen LogP contribution in [0.1, 0.15) is 25.7 Å². The fraction of sp³-hybridized carbons (Fsp3) is 0.667. The van der Waals surface area contributed by atoms with Gasteiger partial charge in [0, 0.05) is 19.4 Å². The van der Waals surface area contributed by atoms with Crippen LogP contribution in [0.25, 0.3) is 0 Å². The second-order valence-corrected chi connectivity index (χ2v) is 10.4. The molecule has 0 aromatic rings. The van der Waals surface area contributed by atoms with Gasteiger partial charge in [-0.15, -0.1) is 0 Å². The third-order valence-electron chi connectivity index (χ3n) is 2.52. The smallest absolute Gasteiger partial charge is 0.229 e. The molecule has 90 valence electrons. The van der Waals surface area contributed by atoms with Crippen molar-refractivity contribution < 1.29 is 9.59 Å². The summed E-state index contributed by atoms with van der Waals surface area (Å²) in [6.45, 7) is 7.35. The first-order valence-electron chi connectivity index (χ1n) is 5.91. The van der Waals surface area contributed by atoms with Gasteiger partial charge in [0.2, 0.25) is 11.8 Å². The fourth-order valence-electron chi connectivity index (χ4n) is 1.69. The Balaban J connectivity index is 2.39. The van der Waals surface area contributed by atoms with Crippen LogP contribution >= 0.6 is 0 Å². The monoisotopic (exact) mass is 239 g/mol. The lowest BCUT2D eigenvalue weighted by Gasteiger charge is -2.24. The van der Waals surface area contributed by atoms with Gasteiger partial charge in [0.1, 0.15) is 0 Å². The van der Waals surface area contributed by atoms with Crippen LogP contribution in [0, 0.1) is 0 Å². The number of nitrogens with zero attached hydrogens (tertiary/aromatic N) is 1. The lowest BCUT2D eigenvalue weighted by atomic mass is 10.1. The Hall–Kier alpha value is -0.903. The van der Waals surface area contributed by atoms with E-state index in [-0.39, 0.29) is 11.8 Å². The number of piperidine rings is 1. The Morgan fingerprint density at radius 2 is 1.75 bits per heavy atom. The summed E-state index contributed by atoms with van der Waals surface area (Å²) in [5, 5.41) is 0. The molecule has 1 saturated heterocycles. The van der Waals surface area contributed by atoms with Gasteiger partial charge < -0.3 is 0 Å². The van der Waals surface area contributed by atoms with Crippen molar-refractivity contribution in [3.8, 4) is 0 Å². The summed E-state index contributed by atoms with van der Waals surface area (Å²) in [4.78, 5) is 24.4. The molecule has 0 aromatic carbocycles. The summed E-state index contributed by atoms with van der Waals surface area (Å²) in [6.07, 6.45) is 4.69. The minimum absolute atomic E-state index is 0.00217. The van der Waals surface area contributed by atoms with Crippen molar-refractivity contribution in [3.63, 3.8) is 0 Å². The highest BCUT2D eigenvalue weighted by atomic mass is 28.3. The highest BCUT2D eigenvalue weighted by Gasteiger charge is 2.24. The summed E-state index contributed by atoms with van der Waals surface area (Å²) in [5.74, 6) is -0.00435. The van der Waals surface area contributed by atoms with Crippen LogP contribution in [0.5, 0.6) is 0 Å². The largest absolute Gasteiger partial charge is 0.282 e. The molecule has 0 N–H and O–H groups in total. The molecule has 3 nitrogen and oxygen atoms in total. The Bertz CT molecular complexity index is 289. The van der Waals surface area contributed by atoms with Crippen molar-refractivity contribution in [3.05, 3.63) is 11.8 Å². The molecule has 0 aromatic heterocycles. The van der Waals surface area contributed by atoms with E-state index in [1.807, 2.05) is 0 Å². The van der Waals surface area contributed by atoms with E-state index in [2.05, 4.69) is 31.4 Å². The maximum Gasteiger partial charge on any atom is 0.229 e. The Morgan fingerprint density at radius 3 is 2.25 bits per heavy atom. The fourth-order valence-corrected chi connectivity index (χ4v) is 2.56. The van der Waals surface area contributed by atoms with Crippen LogP contribution < -0.4 is 0 Å².